The van der Waals surface area contributed by atoms with Crippen LogP contribution in [-0.4, -0.2) is 11.8 Å². The molecule has 1 aliphatic carbocycles. The topological polar surface area (TPSA) is 58.2 Å². The second-order valence-electron chi connectivity index (χ2n) is 7.28. The van der Waals surface area contributed by atoms with Gasteiger partial charge in [0.05, 0.1) is 17.4 Å². The monoisotopic (exact) mass is 390 g/mol. The van der Waals surface area contributed by atoms with Crippen molar-refractivity contribution in [1.82, 2.24) is 0 Å². The third kappa shape index (κ3) is 4.35. The molecule has 7 heteroatoms. The van der Waals surface area contributed by atoms with Crippen LogP contribution in [0.1, 0.15) is 28.7 Å². The van der Waals surface area contributed by atoms with Gasteiger partial charge in [-0.1, -0.05) is 23.8 Å². The van der Waals surface area contributed by atoms with Crippen LogP contribution in [0.3, 0.4) is 0 Å². The van der Waals surface area contributed by atoms with E-state index in [-0.39, 0.29) is 11.6 Å². The Bertz CT molecular complexity index is 914. The van der Waals surface area contributed by atoms with Crippen molar-refractivity contribution in [3.63, 3.8) is 0 Å². The highest BCUT2D eigenvalue weighted by molar-refractivity contribution is 6.03. The number of aryl methyl sites for hydroxylation is 3. The molecule has 2 amide bonds. The Morgan fingerprint density at radius 2 is 1.50 bits per heavy atom. The van der Waals surface area contributed by atoms with Crippen LogP contribution in [0.5, 0.6) is 0 Å². The van der Waals surface area contributed by atoms with Crippen LogP contribution < -0.4 is 10.6 Å². The zero-order chi connectivity index (χ0) is 20.6. The van der Waals surface area contributed by atoms with E-state index in [0.717, 1.165) is 34.5 Å². The van der Waals surface area contributed by atoms with Crippen molar-refractivity contribution in [2.45, 2.75) is 33.4 Å². The van der Waals surface area contributed by atoms with E-state index in [2.05, 4.69) is 10.6 Å². The fraction of sp³-hybridized carbons (Fsp3) is 0.333. The average Bonchev–Trinajstić information content (AvgIpc) is 3.38. The molecule has 1 saturated carbocycles. The van der Waals surface area contributed by atoms with Gasteiger partial charge in [0.15, 0.2) is 0 Å². The van der Waals surface area contributed by atoms with Crippen LogP contribution in [0, 0.1) is 32.6 Å². The quantitative estimate of drug-likeness (QED) is 0.785. The van der Waals surface area contributed by atoms with E-state index in [1.54, 1.807) is 0 Å². The van der Waals surface area contributed by atoms with Crippen LogP contribution in [-0.2, 0) is 15.8 Å². The highest BCUT2D eigenvalue weighted by atomic mass is 19.4. The summed E-state index contributed by atoms with van der Waals surface area (Å²) in [6.45, 7) is 5.78. The Balaban J connectivity index is 1.62. The van der Waals surface area contributed by atoms with Crippen molar-refractivity contribution in [3.05, 3.63) is 58.7 Å². The first-order valence-electron chi connectivity index (χ1n) is 8.93. The minimum Gasteiger partial charge on any atom is -0.326 e. The third-order valence-electron chi connectivity index (χ3n) is 4.85. The smallest absolute Gasteiger partial charge is 0.326 e. The van der Waals surface area contributed by atoms with Gasteiger partial charge < -0.3 is 10.6 Å². The largest absolute Gasteiger partial charge is 0.416 e. The van der Waals surface area contributed by atoms with E-state index in [0.29, 0.717) is 6.42 Å². The molecule has 148 valence electrons. The van der Waals surface area contributed by atoms with Gasteiger partial charge >= 0.3 is 6.18 Å². The average molecular weight is 390 g/mol. The molecule has 0 saturated heterocycles. The number of amides is 2. The number of nitrogens with one attached hydrogen (secondary N) is 2. The van der Waals surface area contributed by atoms with E-state index in [1.165, 1.54) is 12.1 Å². The molecule has 3 rings (SSSR count). The maximum absolute atomic E-state index is 12.8. The van der Waals surface area contributed by atoms with Gasteiger partial charge in [0.25, 0.3) is 0 Å². The highest BCUT2D eigenvalue weighted by Gasteiger charge is 2.48. The number of halogens is 3. The minimum absolute atomic E-state index is 0.0658. The van der Waals surface area contributed by atoms with Gasteiger partial charge in [-0.3, -0.25) is 9.59 Å². The predicted molar refractivity (Wildman–Crippen MR) is 101 cm³/mol. The Morgan fingerprint density at radius 3 is 2.07 bits per heavy atom. The summed E-state index contributed by atoms with van der Waals surface area (Å²) in [6, 6.07) is 8.38. The number of hydrogen-bond donors (Lipinski definition) is 2. The standard InChI is InChI=1S/C21H21F3N2O2/c1-11-7-12(2)18(13(3)8-11)26-20(28)17-10-16(17)19(27)25-15-6-4-5-14(9-15)21(22,23)24/h4-9,16-17H,10H2,1-3H3,(H,25,27)(H,26,28). The van der Waals surface area contributed by atoms with Crippen molar-refractivity contribution < 1.29 is 22.8 Å². The Hall–Kier alpha value is -2.83. The number of benzene rings is 2. The fourth-order valence-corrected chi connectivity index (χ4v) is 3.38. The molecule has 0 bridgehead atoms. The molecule has 2 aromatic carbocycles. The lowest BCUT2D eigenvalue weighted by Gasteiger charge is -2.13. The molecule has 4 nitrogen and oxygen atoms in total. The summed E-state index contributed by atoms with van der Waals surface area (Å²) in [5, 5.41) is 5.35. The van der Waals surface area contributed by atoms with Crippen molar-refractivity contribution >= 4 is 23.2 Å². The molecule has 28 heavy (non-hydrogen) atoms. The van der Waals surface area contributed by atoms with Gasteiger partial charge in [-0.05, 0) is 56.5 Å². The first-order valence-corrected chi connectivity index (χ1v) is 8.93. The lowest BCUT2D eigenvalue weighted by Crippen LogP contribution is -2.21. The summed E-state index contributed by atoms with van der Waals surface area (Å²) in [7, 11) is 0. The molecule has 2 N–H and O–H groups in total. The third-order valence-corrected chi connectivity index (χ3v) is 4.85. The van der Waals surface area contributed by atoms with Gasteiger partial charge in [0.2, 0.25) is 11.8 Å². The SMILES string of the molecule is Cc1cc(C)c(NC(=O)C2CC2C(=O)Nc2cccc(C(F)(F)F)c2)c(C)c1. The zero-order valence-electron chi connectivity index (χ0n) is 15.8. The number of carbonyl (C=O) groups excluding carboxylic acids is 2. The van der Waals surface area contributed by atoms with Gasteiger partial charge in [0.1, 0.15) is 0 Å². The number of alkyl halides is 3. The lowest BCUT2D eigenvalue weighted by molar-refractivity contribution is -0.137. The molecule has 0 aliphatic heterocycles. The van der Waals surface area contributed by atoms with E-state index < -0.39 is 29.5 Å². The Kier molecular flexibility index (Phi) is 5.19. The second-order valence-corrected chi connectivity index (χ2v) is 7.28. The molecule has 2 unspecified atom stereocenters. The molecule has 1 aliphatic rings. The summed E-state index contributed by atoms with van der Waals surface area (Å²) >= 11 is 0. The van der Waals surface area contributed by atoms with Crippen LogP contribution in [0.25, 0.3) is 0 Å². The Morgan fingerprint density at radius 1 is 0.929 bits per heavy atom. The minimum atomic E-state index is -4.48. The molecule has 0 aromatic heterocycles. The zero-order valence-corrected chi connectivity index (χ0v) is 15.8. The molecular formula is C21H21F3N2O2. The van der Waals surface area contributed by atoms with Crippen LogP contribution >= 0.6 is 0 Å². The predicted octanol–water partition coefficient (Wildman–Crippen LogP) is 4.84. The molecule has 0 radical (unpaired) electrons. The van der Waals surface area contributed by atoms with Gasteiger partial charge in [0, 0.05) is 11.4 Å². The van der Waals surface area contributed by atoms with Gasteiger partial charge in [-0.25, -0.2) is 0 Å². The van der Waals surface area contributed by atoms with E-state index in [9.17, 15) is 22.8 Å². The first kappa shape index (κ1) is 19.9. The fourth-order valence-electron chi connectivity index (χ4n) is 3.38. The molecule has 2 atom stereocenters. The maximum Gasteiger partial charge on any atom is 0.416 e. The van der Waals surface area contributed by atoms with Crippen molar-refractivity contribution in [2.75, 3.05) is 10.6 Å². The summed E-state index contributed by atoms with van der Waals surface area (Å²) in [5.41, 5.74) is 2.95. The summed E-state index contributed by atoms with van der Waals surface area (Å²) < 4.78 is 38.3. The van der Waals surface area contributed by atoms with E-state index in [4.69, 9.17) is 0 Å². The summed E-state index contributed by atoms with van der Waals surface area (Å²) in [5.74, 6) is -1.72. The highest BCUT2D eigenvalue weighted by Crippen LogP contribution is 2.41. The van der Waals surface area contributed by atoms with Crippen LogP contribution in [0.4, 0.5) is 24.5 Å². The van der Waals surface area contributed by atoms with Crippen molar-refractivity contribution in [2.24, 2.45) is 11.8 Å². The van der Waals surface area contributed by atoms with Gasteiger partial charge in [-0.15, -0.1) is 0 Å². The normalized spacial score (nSPS) is 18.5. The molecule has 2 aromatic rings. The molecule has 1 fully saturated rings. The Labute approximate surface area is 161 Å². The van der Waals surface area contributed by atoms with Crippen molar-refractivity contribution in [3.8, 4) is 0 Å². The number of anilines is 2. The summed E-state index contributed by atoms with van der Waals surface area (Å²) in [6.07, 6.45) is -4.10. The number of hydrogen-bond acceptors (Lipinski definition) is 2. The van der Waals surface area contributed by atoms with E-state index in [1.807, 2.05) is 32.9 Å². The molecular weight excluding hydrogens is 369 g/mol. The first-order chi connectivity index (χ1) is 13.1. The van der Waals surface area contributed by atoms with Crippen LogP contribution in [0.2, 0.25) is 0 Å². The van der Waals surface area contributed by atoms with Gasteiger partial charge in [-0.2, -0.15) is 13.2 Å². The maximum atomic E-state index is 12.8. The number of rotatable bonds is 4. The van der Waals surface area contributed by atoms with Crippen LogP contribution in [0.15, 0.2) is 36.4 Å². The molecule has 0 spiro atoms. The second kappa shape index (κ2) is 7.30. The molecule has 0 heterocycles. The van der Waals surface area contributed by atoms with Crippen molar-refractivity contribution in [1.29, 1.82) is 0 Å². The summed E-state index contributed by atoms with van der Waals surface area (Å²) in [4.78, 5) is 24.8. The number of carbonyl (C=O) groups is 2. The van der Waals surface area contributed by atoms with E-state index >= 15 is 0 Å². The lowest BCUT2D eigenvalue weighted by atomic mass is 10.0.